The number of rotatable bonds is 6. The third kappa shape index (κ3) is 3.92. The van der Waals surface area contributed by atoms with Gasteiger partial charge in [-0.1, -0.05) is 12.8 Å². The van der Waals surface area contributed by atoms with E-state index < -0.39 is 5.97 Å². The fourth-order valence-electron chi connectivity index (χ4n) is 2.53. The lowest BCUT2D eigenvalue weighted by Gasteiger charge is -2.24. The second-order valence-corrected chi connectivity index (χ2v) is 5.08. The minimum Gasteiger partial charge on any atom is -0.477 e. The van der Waals surface area contributed by atoms with E-state index in [1.54, 1.807) is 12.3 Å². The average molecular weight is 263 g/mol. The van der Waals surface area contributed by atoms with E-state index in [1.165, 1.54) is 31.7 Å². The second kappa shape index (κ2) is 6.52. The summed E-state index contributed by atoms with van der Waals surface area (Å²) in [5.74, 6) is -0.993. The zero-order chi connectivity index (χ0) is 13.7. The molecule has 19 heavy (non-hydrogen) atoms. The number of hydrogen-bond acceptors (Lipinski definition) is 4. The molecule has 0 aromatic carbocycles. The standard InChI is InChI=1S/C14H21N3O2/c1-17(12-4-2-3-5-12)9-8-15-11-6-7-13(14(18)19)16-10-11/h6-7,10,12,15H,2-5,8-9H2,1H3,(H,18,19). The molecular weight excluding hydrogens is 242 g/mol. The minimum absolute atomic E-state index is 0.0774. The van der Waals surface area contributed by atoms with E-state index in [9.17, 15) is 4.79 Å². The Morgan fingerprint density at radius 2 is 2.21 bits per heavy atom. The van der Waals surface area contributed by atoms with Crippen LogP contribution in [0, 0.1) is 0 Å². The molecule has 0 atom stereocenters. The van der Waals surface area contributed by atoms with Crippen LogP contribution in [0.4, 0.5) is 5.69 Å². The number of likely N-dealkylation sites (N-methyl/N-ethyl adjacent to an activating group) is 1. The molecule has 104 valence electrons. The summed E-state index contributed by atoms with van der Waals surface area (Å²) < 4.78 is 0. The van der Waals surface area contributed by atoms with Gasteiger partial charge < -0.3 is 15.3 Å². The molecule has 2 N–H and O–H groups in total. The first-order valence-corrected chi connectivity index (χ1v) is 6.80. The molecule has 0 spiro atoms. The summed E-state index contributed by atoms with van der Waals surface area (Å²) in [6.45, 7) is 1.84. The molecule has 1 heterocycles. The monoisotopic (exact) mass is 263 g/mol. The van der Waals surface area contributed by atoms with E-state index in [0.29, 0.717) is 0 Å². The number of carboxylic acids is 1. The second-order valence-electron chi connectivity index (χ2n) is 5.08. The average Bonchev–Trinajstić information content (AvgIpc) is 2.93. The maximum Gasteiger partial charge on any atom is 0.354 e. The summed E-state index contributed by atoms with van der Waals surface area (Å²) in [6.07, 6.45) is 6.89. The highest BCUT2D eigenvalue weighted by Crippen LogP contribution is 2.21. The first-order valence-electron chi connectivity index (χ1n) is 6.80. The Morgan fingerprint density at radius 1 is 1.47 bits per heavy atom. The van der Waals surface area contributed by atoms with E-state index in [0.717, 1.165) is 24.8 Å². The highest BCUT2D eigenvalue weighted by molar-refractivity contribution is 5.85. The van der Waals surface area contributed by atoms with E-state index in [4.69, 9.17) is 5.11 Å². The van der Waals surface area contributed by atoms with Gasteiger partial charge in [0.2, 0.25) is 0 Å². The summed E-state index contributed by atoms with van der Waals surface area (Å²) in [7, 11) is 2.17. The Labute approximate surface area is 113 Å². The van der Waals surface area contributed by atoms with Gasteiger partial charge in [0.15, 0.2) is 0 Å². The largest absolute Gasteiger partial charge is 0.477 e. The molecule has 1 saturated carbocycles. The SMILES string of the molecule is CN(CCNc1ccc(C(=O)O)nc1)C1CCCC1. The van der Waals surface area contributed by atoms with Gasteiger partial charge in [-0.2, -0.15) is 0 Å². The predicted octanol–water partition coefficient (Wildman–Crippen LogP) is 2.07. The molecule has 0 saturated heterocycles. The predicted molar refractivity (Wildman–Crippen MR) is 74.6 cm³/mol. The first-order chi connectivity index (χ1) is 9.16. The van der Waals surface area contributed by atoms with Crippen molar-refractivity contribution in [3.05, 3.63) is 24.0 Å². The van der Waals surface area contributed by atoms with E-state index >= 15 is 0 Å². The van der Waals surface area contributed by atoms with Gasteiger partial charge in [0, 0.05) is 19.1 Å². The molecule has 0 radical (unpaired) electrons. The van der Waals surface area contributed by atoms with Gasteiger partial charge in [0.1, 0.15) is 5.69 Å². The number of aromatic carboxylic acids is 1. The summed E-state index contributed by atoms with van der Waals surface area (Å²) in [5, 5.41) is 12.0. The highest BCUT2D eigenvalue weighted by atomic mass is 16.4. The number of nitrogens with zero attached hydrogens (tertiary/aromatic N) is 2. The lowest BCUT2D eigenvalue weighted by molar-refractivity contribution is 0.0690. The van der Waals surface area contributed by atoms with Crippen molar-refractivity contribution in [3.8, 4) is 0 Å². The Kier molecular flexibility index (Phi) is 4.74. The maximum atomic E-state index is 10.7. The van der Waals surface area contributed by atoms with E-state index in [1.807, 2.05) is 0 Å². The van der Waals surface area contributed by atoms with Crippen LogP contribution in [0.25, 0.3) is 0 Å². The highest BCUT2D eigenvalue weighted by Gasteiger charge is 2.18. The number of carbonyl (C=O) groups is 1. The van der Waals surface area contributed by atoms with Crippen molar-refractivity contribution in [2.45, 2.75) is 31.7 Å². The van der Waals surface area contributed by atoms with Crippen LogP contribution in [0.1, 0.15) is 36.2 Å². The normalized spacial score (nSPS) is 15.9. The molecule has 1 aliphatic carbocycles. The van der Waals surface area contributed by atoms with Crippen LogP contribution in [0.15, 0.2) is 18.3 Å². The quantitative estimate of drug-likeness (QED) is 0.822. The van der Waals surface area contributed by atoms with Crippen molar-refractivity contribution in [2.75, 3.05) is 25.5 Å². The summed E-state index contributed by atoms with van der Waals surface area (Å²) in [5.41, 5.74) is 0.943. The van der Waals surface area contributed by atoms with Gasteiger partial charge in [0.25, 0.3) is 0 Å². The fraction of sp³-hybridized carbons (Fsp3) is 0.571. The molecule has 0 aliphatic heterocycles. The van der Waals surface area contributed by atoms with Crippen LogP contribution in [0.3, 0.4) is 0 Å². The van der Waals surface area contributed by atoms with Crippen LogP contribution in [0.5, 0.6) is 0 Å². The lowest BCUT2D eigenvalue weighted by atomic mass is 10.2. The molecule has 1 fully saturated rings. The molecule has 0 unspecified atom stereocenters. The van der Waals surface area contributed by atoms with Gasteiger partial charge in [-0.05, 0) is 32.0 Å². The topological polar surface area (TPSA) is 65.5 Å². The molecule has 1 aromatic rings. The molecule has 0 bridgehead atoms. The molecule has 5 nitrogen and oxygen atoms in total. The van der Waals surface area contributed by atoms with Crippen LogP contribution in [0.2, 0.25) is 0 Å². The Hall–Kier alpha value is -1.62. The van der Waals surface area contributed by atoms with E-state index in [-0.39, 0.29) is 5.69 Å². The number of aromatic nitrogens is 1. The molecule has 1 aliphatic rings. The summed E-state index contributed by atoms with van der Waals surface area (Å²) in [6, 6.07) is 4.01. The van der Waals surface area contributed by atoms with Crippen LogP contribution < -0.4 is 5.32 Å². The third-order valence-electron chi connectivity index (χ3n) is 3.72. The molecule has 5 heteroatoms. The van der Waals surface area contributed by atoms with Gasteiger partial charge in [-0.15, -0.1) is 0 Å². The summed E-state index contributed by atoms with van der Waals surface area (Å²) in [4.78, 5) is 17.0. The Balaban J connectivity index is 1.74. The van der Waals surface area contributed by atoms with Crippen LogP contribution in [-0.2, 0) is 0 Å². The number of pyridine rings is 1. The Morgan fingerprint density at radius 3 is 2.79 bits per heavy atom. The van der Waals surface area contributed by atoms with Crippen LogP contribution in [-0.4, -0.2) is 47.1 Å². The third-order valence-corrected chi connectivity index (χ3v) is 3.72. The van der Waals surface area contributed by atoms with E-state index in [2.05, 4.69) is 22.2 Å². The minimum atomic E-state index is -0.993. The molecular formula is C14H21N3O2. The van der Waals surface area contributed by atoms with Crippen molar-refractivity contribution in [2.24, 2.45) is 0 Å². The summed E-state index contributed by atoms with van der Waals surface area (Å²) >= 11 is 0. The number of hydrogen-bond donors (Lipinski definition) is 2. The van der Waals surface area contributed by atoms with Crippen LogP contribution >= 0.6 is 0 Å². The van der Waals surface area contributed by atoms with Crippen molar-refractivity contribution in [1.29, 1.82) is 0 Å². The smallest absolute Gasteiger partial charge is 0.354 e. The van der Waals surface area contributed by atoms with Gasteiger partial charge >= 0.3 is 5.97 Å². The van der Waals surface area contributed by atoms with Crippen molar-refractivity contribution in [1.82, 2.24) is 9.88 Å². The number of carboxylic acid groups (broad SMARTS) is 1. The van der Waals surface area contributed by atoms with Crippen molar-refractivity contribution >= 4 is 11.7 Å². The van der Waals surface area contributed by atoms with Crippen molar-refractivity contribution < 1.29 is 9.90 Å². The first kappa shape index (κ1) is 13.8. The van der Waals surface area contributed by atoms with Crippen molar-refractivity contribution in [3.63, 3.8) is 0 Å². The van der Waals surface area contributed by atoms with Gasteiger partial charge in [-0.3, -0.25) is 0 Å². The Bertz CT molecular complexity index is 413. The fourth-order valence-corrected chi connectivity index (χ4v) is 2.53. The molecule has 0 amide bonds. The van der Waals surface area contributed by atoms with Gasteiger partial charge in [0.05, 0.1) is 11.9 Å². The zero-order valence-corrected chi connectivity index (χ0v) is 11.3. The number of anilines is 1. The maximum absolute atomic E-state index is 10.7. The van der Waals surface area contributed by atoms with Gasteiger partial charge in [-0.25, -0.2) is 9.78 Å². The lowest BCUT2D eigenvalue weighted by Crippen LogP contribution is -2.33. The molecule has 2 rings (SSSR count). The number of nitrogens with one attached hydrogen (secondary N) is 1. The zero-order valence-electron chi connectivity index (χ0n) is 11.3. The molecule has 1 aromatic heterocycles.